The molecule has 25 heavy (non-hydrogen) atoms. The van der Waals surface area contributed by atoms with Crippen LogP contribution in [0, 0.1) is 0 Å². The fraction of sp³-hybridized carbons (Fsp3) is 0.650. The summed E-state index contributed by atoms with van der Waals surface area (Å²) in [5.74, 6) is 0.506. The summed E-state index contributed by atoms with van der Waals surface area (Å²) in [5.41, 5.74) is -0.420. The van der Waals surface area contributed by atoms with Gasteiger partial charge in [0, 0.05) is 44.4 Å². The van der Waals surface area contributed by atoms with Gasteiger partial charge in [-0.2, -0.15) is 0 Å². The summed E-state index contributed by atoms with van der Waals surface area (Å²) in [6.45, 7) is 6.73. The standard InChI is InChI=1S/C20H29FN2O2/c1-19(2,3)25-18(24)23-11-9-20(21,10-12-23)14-22-17-13-16(17)15-7-5-4-6-8-15/h4-8,16-17,22H,9-14H2,1-3H3. The van der Waals surface area contributed by atoms with Gasteiger partial charge in [0.05, 0.1) is 0 Å². The van der Waals surface area contributed by atoms with E-state index in [0.717, 1.165) is 6.42 Å². The minimum absolute atomic E-state index is 0.339. The molecule has 1 aromatic carbocycles. The van der Waals surface area contributed by atoms with Gasteiger partial charge in [0.2, 0.25) is 0 Å². The van der Waals surface area contributed by atoms with E-state index in [1.165, 1.54) is 5.56 Å². The fourth-order valence-electron chi connectivity index (χ4n) is 3.40. The van der Waals surface area contributed by atoms with E-state index in [1.807, 2.05) is 39.0 Å². The number of hydrogen-bond donors (Lipinski definition) is 1. The first kappa shape index (κ1) is 18.2. The van der Waals surface area contributed by atoms with Crippen LogP contribution in [0.1, 0.15) is 51.5 Å². The number of hydrogen-bond acceptors (Lipinski definition) is 3. The number of carbonyl (C=O) groups is 1. The van der Waals surface area contributed by atoms with Gasteiger partial charge in [-0.15, -0.1) is 0 Å². The van der Waals surface area contributed by atoms with Crippen LogP contribution in [0.4, 0.5) is 9.18 Å². The predicted molar refractivity (Wildman–Crippen MR) is 96.5 cm³/mol. The molecular formula is C20H29FN2O2. The van der Waals surface area contributed by atoms with Crippen LogP contribution in [0.2, 0.25) is 0 Å². The number of nitrogens with one attached hydrogen (secondary N) is 1. The summed E-state index contributed by atoms with van der Waals surface area (Å²) in [6.07, 6.45) is 1.46. The first-order valence-corrected chi connectivity index (χ1v) is 9.21. The molecule has 1 aliphatic carbocycles. The van der Waals surface area contributed by atoms with Crippen molar-refractivity contribution in [3.05, 3.63) is 35.9 Å². The van der Waals surface area contributed by atoms with Crippen molar-refractivity contribution in [3.8, 4) is 0 Å². The molecule has 1 heterocycles. The Kier molecular flexibility index (Phi) is 5.05. The molecule has 1 amide bonds. The maximum Gasteiger partial charge on any atom is 0.410 e. The van der Waals surface area contributed by atoms with Gasteiger partial charge < -0.3 is 15.0 Å². The molecule has 1 saturated heterocycles. The monoisotopic (exact) mass is 348 g/mol. The number of benzene rings is 1. The first-order valence-electron chi connectivity index (χ1n) is 9.21. The quantitative estimate of drug-likeness (QED) is 0.898. The van der Waals surface area contributed by atoms with E-state index < -0.39 is 11.3 Å². The molecule has 0 spiro atoms. The van der Waals surface area contributed by atoms with Gasteiger partial charge in [0.15, 0.2) is 0 Å². The van der Waals surface area contributed by atoms with Crippen molar-refractivity contribution in [2.24, 2.45) is 0 Å². The average molecular weight is 348 g/mol. The van der Waals surface area contributed by atoms with Crippen LogP contribution in [-0.4, -0.2) is 47.9 Å². The summed E-state index contributed by atoms with van der Waals surface area (Å²) in [5, 5.41) is 3.39. The Morgan fingerprint density at radius 1 is 1.28 bits per heavy atom. The minimum atomic E-state index is -1.23. The molecule has 2 aliphatic rings. The lowest BCUT2D eigenvalue weighted by Gasteiger charge is -2.37. The largest absolute Gasteiger partial charge is 0.444 e. The molecule has 0 radical (unpaired) electrons. The minimum Gasteiger partial charge on any atom is -0.444 e. The molecule has 138 valence electrons. The highest BCUT2D eigenvalue weighted by Crippen LogP contribution is 2.41. The van der Waals surface area contributed by atoms with Crippen molar-refractivity contribution in [1.82, 2.24) is 10.2 Å². The van der Waals surface area contributed by atoms with Crippen LogP contribution >= 0.6 is 0 Å². The molecular weight excluding hydrogens is 319 g/mol. The number of halogens is 1. The molecule has 2 atom stereocenters. The van der Waals surface area contributed by atoms with E-state index in [9.17, 15) is 4.79 Å². The molecule has 4 nitrogen and oxygen atoms in total. The molecule has 1 saturated carbocycles. The normalized spacial score (nSPS) is 25.5. The van der Waals surface area contributed by atoms with Crippen LogP contribution in [-0.2, 0) is 4.74 Å². The third-order valence-electron chi connectivity index (χ3n) is 5.01. The van der Waals surface area contributed by atoms with Crippen LogP contribution in [0.25, 0.3) is 0 Å². The number of ether oxygens (including phenoxy) is 1. The lowest BCUT2D eigenvalue weighted by Crippen LogP contribution is -2.50. The molecule has 1 aromatic rings. The van der Waals surface area contributed by atoms with Gasteiger partial charge in [-0.3, -0.25) is 0 Å². The highest BCUT2D eigenvalue weighted by molar-refractivity contribution is 5.68. The topological polar surface area (TPSA) is 41.6 Å². The molecule has 0 aromatic heterocycles. The third-order valence-corrected chi connectivity index (χ3v) is 5.01. The highest BCUT2D eigenvalue weighted by Gasteiger charge is 2.42. The Hall–Kier alpha value is -1.62. The summed E-state index contributed by atoms with van der Waals surface area (Å²) >= 11 is 0. The van der Waals surface area contributed by atoms with Crippen molar-refractivity contribution in [2.45, 2.75) is 63.3 Å². The Labute approximate surface area is 149 Å². The van der Waals surface area contributed by atoms with Crippen LogP contribution < -0.4 is 5.32 Å². The smallest absolute Gasteiger partial charge is 0.410 e. The van der Waals surface area contributed by atoms with Gasteiger partial charge in [0.25, 0.3) is 0 Å². The van der Waals surface area contributed by atoms with Gasteiger partial charge in [-0.1, -0.05) is 30.3 Å². The van der Waals surface area contributed by atoms with Crippen molar-refractivity contribution in [1.29, 1.82) is 0 Å². The fourth-order valence-corrected chi connectivity index (χ4v) is 3.40. The second kappa shape index (κ2) is 6.94. The zero-order valence-corrected chi connectivity index (χ0v) is 15.4. The van der Waals surface area contributed by atoms with E-state index in [0.29, 0.717) is 44.4 Å². The SMILES string of the molecule is CC(C)(C)OC(=O)N1CCC(F)(CNC2CC2c2ccccc2)CC1. The second-order valence-corrected chi connectivity index (χ2v) is 8.36. The lowest BCUT2D eigenvalue weighted by molar-refractivity contribution is 0.00336. The predicted octanol–water partition coefficient (Wildman–Crippen LogP) is 3.87. The van der Waals surface area contributed by atoms with E-state index >= 15 is 4.39 Å². The number of amides is 1. The van der Waals surface area contributed by atoms with Crippen molar-refractivity contribution >= 4 is 6.09 Å². The summed E-state index contributed by atoms with van der Waals surface area (Å²) in [4.78, 5) is 13.7. The lowest BCUT2D eigenvalue weighted by atomic mass is 9.93. The highest BCUT2D eigenvalue weighted by atomic mass is 19.1. The Morgan fingerprint density at radius 3 is 2.52 bits per heavy atom. The van der Waals surface area contributed by atoms with Crippen molar-refractivity contribution in [2.75, 3.05) is 19.6 Å². The Morgan fingerprint density at radius 2 is 1.92 bits per heavy atom. The van der Waals surface area contributed by atoms with E-state index in [-0.39, 0.29) is 6.09 Å². The van der Waals surface area contributed by atoms with Crippen LogP contribution in [0.15, 0.2) is 30.3 Å². The summed E-state index contributed by atoms with van der Waals surface area (Å²) in [7, 11) is 0. The number of piperidine rings is 1. The molecule has 0 bridgehead atoms. The van der Waals surface area contributed by atoms with Crippen LogP contribution in [0.5, 0.6) is 0 Å². The average Bonchev–Trinajstić information content (AvgIpc) is 3.33. The van der Waals surface area contributed by atoms with E-state index in [2.05, 4.69) is 17.4 Å². The molecule has 1 N–H and O–H groups in total. The molecule has 2 unspecified atom stereocenters. The Bertz CT molecular complexity index is 591. The number of carbonyl (C=O) groups excluding carboxylic acids is 1. The number of alkyl halides is 1. The Balaban J connectivity index is 1.42. The van der Waals surface area contributed by atoms with E-state index in [4.69, 9.17) is 4.74 Å². The maximum atomic E-state index is 15.0. The maximum absolute atomic E-state index is 15.0. The summed E-state index contributed by atoms with van der Waals surface area (Å²) < 4.78 is 20.4. The summed E-state index contributed by atoms with van der Waals surface area (Å²) in [6, 6.07) is 10.8. The zero-order chi connectivity index (χ0) is 18.1. The first-order chi connectivity index (χ1) is 11.8. The van der Waals surface area contributed by atoms with Crippen molar-refractivity contribution < 1.29 is 13.9 Å². The molecule has 2 fully saturated rings. The number of likely N-dealkylation sites (tertiary alicyclic amines) is 1. The molecule has 3 rings (SSSR count). The number of nitrogens with zero attached hydrogens (tertiary/aromatic N) is 1. The van der Waals surface area contributed by atoms with Crippen molar-refractivity contribution in [3.63, 3.8) is 0 Å². The second-order valence-electron chi connectivity index (χ2n) is 8.36. The zero-order valence-electron chi connectivity index (χ0n) is 15.4. The van der Waals surface area contributed by atoms with Gasteiger partial charge in [0.1, 0.15) is 11.3 Å². The third kappa shape index (κ3) is 4.94. The number of rotatable bonds is 4. The van der Waals surface area contributed by atoms with Gasteiger partial charge >= 0.3 is 6.09 Å². The van der Waals surface area contributed by atoms with Gasteiger partial charge in [-0.05, 0) is 32.8 Å². The van der Waals surface area contributed by atoms with Gasteiger partial charge in [-0.25, -0.2) is 9.18 Å². The van der Waals surface area contributed by atoms with E-state index in [1.54, 1.807) is 4.90 Å². The molecule has 5 heteroatoms. The molecule has 1 aliphatic heterocycles. The van der Waals surface area contributed by atoms with Crippen LogP contribution in [0.3, 0.4) is 0 Å².